The van der Waals surface area contributed by atoms with Crippen LogP contribution in [-0.4, -0.2) is 20.3 Å². The van der Waals surface area contributed by atoms with Crippen molar-refractivity contribution in [2.75, 3.05) is 0 Å². The molecule has 3 N–H and O–H groups in total. The highest BCUT2D eigenvalue weighted by molar-refractivity contribution is 7.12. The van der Waals surface area contributed by atoms with E-state index in [-0.39, 0.29) is 11.6 Å². The van der Waals surface area contributed by atoms with Crippen molar-refractivity contribution >= 4 is 17.2 Å². The number of amides is 1. The van der Waals surface area contributed by atoms with Gasteiger partial charge in [0.2, 0.25) is 0 Å². The predicted octanol–water partition coefficient (Wildman–Crippen LogP) is 0.484. The Bertz CT molecular complexity index is 714. The van der Waals surface area contributed by atoms with E-state index in [0.29, 0.717) is 11.4 Å². The Kier molecular flexibility index (Phi) is 3.89. The number of aromatic nitrogens is 3. The molecule has 0 bridgehead atoms. The fraction of sp³-hybridized carbons (Fsp3) is 0.462. The fourth-order valence-corrected chi connectivity index (χ4v) is 3.43. The van der Waals surface area contributed by atoms with Crippen LogP contribution >= 0.6 is 11.3 Å². The van der Waals surface area contributed by atoms with Crippen LogP contribution in [0.5, 0.6) is 0 Å². The molecule has 0 fully saturated rings. The summed E-state index contributed by atoms with van der Waals surface area (Å²) in [6.45, 7) is 1.03. The molecule has 0 saturated carbocycles. The second-order valence-corrected chi connectivity index (χ2v) is 5.98. The summed E-state index contributed by atoms with van der Waals surface area (Å²) in [5.74, 6) is 5.68. The van der Waals surface area contributed by atoms with Crippen LogP contribution in [0.2, 0.25) is 0 Å². The number of carbonyl (C=O) groups excluding carboxylic acids is 1. The highest BCUT2D eigenvalue weighted by Crippen LogP contribution is 2.17. The first-order chi connectivity index (χ1) is 10.2. The van der Waals surface area contributed by atoms with E-state index >= 15 is 0 Å². The summed E-state index contributed by atoms with van der Waals surface area (Å²) in [6, 6.07) is 1.83. The third-order valence-corrected chi connectivity index (χ3v) is 4.64. The molecule has 0 unspecified atom stereocenters. The second-order valence-electron chi connectivity index (χ2n) is 5.07. The summed E-state index contributed by atoms with van der Waals surface area (Å²) in [4.78, 5) is 24.6. The number of carbonyl (C=O) groups is 1. The maximum Gasteiger partial charge on any atom is 0.346 e. The van der Waals surface area contributed by atoms with Crippen molar-refractivity contribution < 1.29 is 4.79 Å². The van der Waals surface area contributed by atoms with Crippen LogP contribution in [0.3, 0.4) is 0 Å². The number of rotatable bonds is 3. The third kappa shape index (κ3) is 2.64. The van der Waals surface area contributed by atoms with Gasteiger partial charge in [-0.1, -0.05) is 6.42 Å². The van der Waals surface area contributed by atoms with Crippen LogP contribution < -0.4 is 17.0 Å². The monoisotopic (exact) mass is 307 g/mol. The molecule has 2 aromatic rings. The first kappa shape index (κ1) is 14.0. The maximum atomic E-state index is 12.4. The molecule has 112 valence electrons. The van der Waals surface area contributed by atoms with Gasteiger partial charge in [-0.25, -0.2) is 15.3 Å². The van der Waals surface area contributed by atoms with Crippen LogP contribution in [0.25, 0.3) is 0 Å². The fourth-order valence-electron chi connectivity index (χ4n) is 2.61. The van der Waals surface area contributed by atoms with Crippen LogP contribution in [0.4, 0.5) is 0 Å². The average Bonchev–Trinajstić information content (AvgIpc) is 2.97. The Hall–Kier alpha value is -1.93. The van der Waals surface area contributed by atoms with Gasteiger partial charge in [-0.2, -0.15) is 5.10 Å². The number of hydrogen-bond donors (Lipinski definition) is 2. The number of thiophene rings is 1. The second kappa shape index (κ2) is 5.82. The van der Waals surface area contributed by atoms with E-state index in [0.717, 1.165) is 43.6 Å². The first-order valence-corrected chi connectivity index (χ1v) is 7.82. The zero-order chi connectivity index (χ0) is 14.8. The summed E-state index contributed by atoms with van der Waals surface area (Å²) < 4.78 is 3.19. The van der Waals surface area contributed by atoms with Gasteiger partial charge in [0.15, 0.2) is 0 Å². The van der Waals surface area contributed by atoms with Gasteiger partial charge in [0, 0.05) is 13.0 Å². The minimum Gasteiger partial charge on any atom is -0.289 e. The molecule has 1 aliphatic rings. The lowest BCUT2D eigenvalue weighted by Crippen LogP contribution is -2.31. The third-order valence-electron chi connectivity index (χ3n) is 3.69. The summed E-state index contributed by atoms with van der Waals surface area (Å²) in [7, 11) is 0. The minimum absolute atomic E-state index is 0.0998. The van der Waals surface area contributed by atoms with E-state index in [1.807, 2.05) is 11.4 Å². The van der Waals surface area contributed by atoms with Crippen molar-refractivity contribution in [3.63, 3.8) is 0 Å². The van der Waals surface area contributed by atoms with Gasteiger partial charge in [0.05, 0.1) is 11.4 Å². The Labute approximate surface area is 125 Å². The average molecular weight is 307 g/mol. The summed E-state index contributed by atoms with van der Waals surface area (Å²) >= 11 is 1.30. The van der Waals surface area contributed by atoms with E-state index in [4.69, 9.17) is 5.84 Å². The quantitative estimate of drug-likeness (QED) is 0.490. The lowest BCUT2D eigenvalue weighted by molar-refractivity contribution is 0.0956. The van der Waals surface area contributed by atoms with E-state index in [2.05, 4.69) is 10.5 Å². The molecule has 1 amide bonds. The van der Waals surface area contributed by atoms with Crippen LogP contribution in [0.1, 0.15) is 40.3 Å². The maximum absolute atomic E-state index is 12.4. The highest BCUT2D eigenvalue weighted by Gasteiger charge is 2.18. The van der Waals surface area contributed by atoms with Gasteiger partial charge in [0.1, 0.15) is 5.82 Å². The molecule has 8 heteroatoms. The molecular weight excluding hydrogens is 290 g/mol. The van der Waals surface area contributed by atoms with Gasteiger partial charge in [-0.05, 0) is 29.9 Å². The van der Waals surface area contributed by atoms with Crippen molar-refractivity contribution in [3.8, 4) is 0 Å². The number of hydrogen-bond acceptors (Lipinski definition) is 5. The van der Waals surface area contributed by atoms with Gasteiger partial charge < -0.3 is 0 Å². The molecule has 1 aliphatic heterocycles. The Balaban J connectivity index is 1.91. The topological polar surface area (TPSA) is 94.9 Å². The van der Waals surface area contributed by atoms with Crippen molar-refractivity contribution in [1.29, 1.82) is 0 Å². The molecule has 7 nitrogen and oxygen atoms in total. The lowest BCUT2D eigenvalue weighted by atomic mass is 10.2. The molecule has 0 aromatic carbocycles. The number of aryl methyl sites for hydroxylation is 1. The van der Waals surface area contributed by atoms with Crippen molar-refractivity contribution in [2.45, 2.75) is 38.8 Å². The summed E-state index contributed by atoms with van der Waals surface area (Å²) in [6.07, 6.45) is 4.05. The number of nitrogens with one attached hydrogen (secondary N) is 1. The number of fused-ring (bicyclic) bond motifs is 1. The van der Waals surface area contributed by atoms with E-state index in [9.17, 15) is 9.59 Å². The van der Waals surface area contributed by atoms with Gasteiger partial charge >= 0.3 is 5.69 Å². The number of hydrazine groups is 1. The molecule has 3 heterocycles. The van der Waals surface area contributed by atoms with E-state index in [1.54, 1.807) is 4.57 Å². The smallest absolute Gasteiger partial charge is 0.289 e. The zero-order valence-corrected chi connectivity index (χ0v) is 12.4. The standard InChI is InChI=1S/C13H17N5O2S/c14-15-12(19)11-9(5-7-21-11)8-18-13(20)17-6-3-1-2-4-10(17)16-18/h5,7H,1-4,6,8,14H2,(H,15,19). The molecule has 0 atom stereocenters. The number of nitrogens with two attached hydrogens (primary N) is 1. The molecule has 0 aliphatic carbocycles. The van der Waals surface area contributed by atoms with E-state index in [1.165, 1.54) is 16.0 Å². The normalized spacial score (nSPS) is 14.5. The largest absolute Gasteiger partial charge is 0.346 e. The number of nitrogen functional groups attached to an aromatic ring is 1. The van der Waals surface area contributed by atoms with Gasteiger partial charge in [-0.3, -0.25) is 14.8 Å². The van der Waals surface area contributed by atoms with Gasteiger partial charge in [0.25, 0.3) is 5.91 Å². The molecule has 2 aromatic heterocycles. The molecule has 0 saturated heterocycles. The zero-order valence-electron chi connectivity index (χ0n) is 11.5. The summed E-state index contributed by atoms with van der Waals surface area (Å²) in [5, 5.41) is 6.23. The molecular formula is C13H17N5O2S. The minimum atomic E-state index is -0.339. The van der Waals surface area contributed by atoms with Crippen LogP contribution in [0.15, 0.2) is 16.2 Å². The SMILES string of the molecule is NNC(=O)c1sccc1Cn1nc2n(c1=O)CCCCC2. The van der Waals surface area contributed by atoms with Crippen LogP contribution in [0, 0.1) is 0 Å². The van der Waals surface area contributed by atoms with Gasteiger partial charge in [-0.15, -0.1) is 11.3 Å². The van der Waals surface area contributed by atoms with Crippen molar-refractivity contribution in [1.82, 2.24) is 19.8 Å². The van der Waals surface area contributed by atoms with Crippen molar-refractivity contribution in [3.05, 3.63) is 38.2 Å². The molecule has 3 rings (SSSR count). The van der Waals surface area contributed by atoms with Crippen molar-refractivity contribution in [2.24, 2.45) is 5.84 Å². The Morgan fingerprint density at radius 1 is 1.43 bits per heavy atom. The molecule has 21 heavy (non-hydrogen) atoms. The summed E-state index contributed by atoms with van der Waals surface area (Å²) in [5.41, 5.74) is 2.79. The number of nitrogens with zero attached hydrogens (tertiary/aromatic N) is 3. The predicted molar refractivity (Wildman–Crippen MR) is 79.1 cm³/mol. The highest BCUT2D eigenvalue weighted by atomic mass is 32.1. The van der Waals surface area contributed by atoms with E-state index < -0.39 is 0 Å². The Morgan fingerprint density at radius 2 is 2.29 bits per heavy atom. The Morgan fingerprint density at radius 3 is 3.10 bits per heavy atom. The van der Waals surface area contributed by atoms with Crippen LogP contribution in [-0.2, 0) is 19.5 Å². The lowest BCUT2D eigenvalue weighted by Gasteiger charge is -2.02. The molecule has 0 spiro atoms. The first-order valence-electron chi connectivity index (χ1n) is 6.94. The molecule has 0 radical (unpaired) electrons.